The quantitative estimate of drug-likeness (QED) is 0.660. The number of H-pyrrole nitrogens is 1. The summed E-state index contributed by atoms with van der Waals surface area (Å²) in [5.41, 5.74) is 1.41. The molecule has 8 heteroatoms. The van der Waals surface area contributed by atoms with Gasteiger partial charge in [-0.3, -0.25) is 9.36 Å². The molecule has 0 unspecified atom stereocenters. The maximum absolute atomic E-state index is 13.4. The Morgan fingerprint density at radius 1 is 1.16 bits per heavy atom. The van der Waals surface area contributed by atoms with Crippen LogP contribution in [0.25, 0.3) is 0 Å². The van der Waals surface area contributed by atoms with Gasteiger partial charge in [0.2, 0.25) is 5.91 Å². The minimum atomic E-state index is -0.336. The molecule has 3 aromatic rings. The number of amides is 1. The Morgan fingerprint density at radius 2 is 1.90 bits per heavy atom. The monoisotopic (exact) mass is 424 g/mol. The van der Waals surface area contributed by atoms with Crippen LogP contribution in [0.5, 0.6) is 5.75 Å². The third-order valence-electron chi connectivity index (χ3n) is 5.74. The van der Waals surface area contributed by atoms with Crippen LogP contribution >= 0.6 is 0 Å². The topological polar surface area (TPSA) is 80.2 Å². The van der Waals surface area contributed by atoms with Gasteiger partial charge >= 0.3 is 5.69 Å². The lowest BCUT2D eigenvalue weighted by atomic mass is 9.95. The van der Waals surface area contributed by atoms with Crippen molar-refractivity contribution < 1.29 is 13.9 Å². The molecule has 1 aliphatic heterocycles. The highest BCUT2D eigenvalue weighted by atomic mass is 19.1. The number of hydrogen-bond acceptors (Lipinski definition) is 4. The molecule has 2 aromatic carbocycles. The van der Waals surface area contributed by atoms with Crippen molar-refractivity contribution in [1.82, 2.24) is 19.7 Å². The van der Waals surface area contributed by atoms with Crippen molar-refractivity contribution in [3.63, 3.8) is 0 Å². The van der Waals surface area contributed by atoms with Gasteiger partial charge in [-0.25, -0.2) is 14.3 Å². The second kappa shape index (κ2) is 9.16. The first-order valence-electron chi connectivity index (χ1n) is 10.3. The lowest BCUT2D eigenvalue weighted by molar-refractivity contribution is -0.131. The van der Waals surface area contributed by atoms with Gasteiger partial charge in [0.25, 0.3) is 0 Å². The number of halogens is 1. The molecule has 0 radical (unpaired) electrons. The predicted molar refractivity (Wildman–Crippen MR) is 114 cm³/mol. The van der Waals surface area contributed by atoms with E-state index >= 15 is 0 Å². The highest BCUT2D eigenvalue weighted by Crippen LogP contribution is 2.27. The Morgan fingerprint density at radius 3 is 2.58 bits per heavy atom. The zero-order chi connectivity index (χ0) is 21.8. The molecule has 31 heavy (non-hydrogen) atoms. The number of hydrogen-bond donors (Lipinski definition) is 1. The minimum absolute atomic E-state index is 0.0123. The summed E-state index contributed by atoms with van der Waals surface area (Å²) in [5.74, 6) is 1.23. The van der Waals surface area contributed by atoms with Crippen molar-refractivity contribution in [3.8, 4) is 5.75 Å². The Kier molecular flexibility index (Phi) is 6.16. The third-order valence-corrected chi connectivity index (χ3v) is 5.74. The van der Waals surface area contributed by atoms with Gasteiger partial charge in [0.05, 0.1) is 20.1 Å². The van der Waals surface area contributed by atoms with Gasteiger partial charge in [0.1, 0.15) is 17.4 Å². The standard InChI is InChI=1S/C23H25FN4O3/c1-31-20-7-5-16(6-8-20)15-28-22(25-26-23(28)30)18-9-11-27(12-10-18)21(29)14-17-3-2-4-19(24)13-17/h2-8,13,18H,9-12,14-15H2,1H3,(H,26,30). The van der Waals surface area contributed by atoms with Gasteiger partial charge in [-0.1, -0.05) is 24.3 Å². The van der Waals surface area contributed by atoms with E-state index in [1.165, 1.54) is 12.1 Å². The summed E-state index contributed by atoms with van der Waals surface area (Å²) in [5, 5.41) is 6.84. The lowest BCUT2D eigenvalue weighted by Gasteiger charge is -2.31. The molecule has 0 spiro atoms. The maximum atomic E-state index is 13.4. The molecule has 7 nitrogen and oxygen atoms in total. The lowest BCUT2D eigenvalue weighted by Crippen LogP contribution is -2.39. The van der Waals surface area contributed by atoms with Crippen molar-refractivity contribution >= 4 is 5.91 Å². The maximum Gasteiger partial charge on any atom is 0.343 e. The van der Waals surface area contributed by atoms with Crippen LogP contribution in [0.15, 0.2) is 53.3 Å². The van der Waals surface area contributed by atoms with Crippen molar-refractivity contribution in [2.24, 2.45) is 0 Å². The van der Waals surface area contributed by atoms with Crippen LogP contribution in [-0.4, -0.2) is 45.8 Å². The molecule has 1 fully saturated rings. The molecule has 1 saturated heterocycles. The molecule has 162 valence electrons. The number of aromatic nitrogens is 3. The van der Waals surface area contributed by atoms with Crippen LogP contribution in [0.3, 0.4) is 0 Å². The number of carbonyl (C=O) groups is 1. The van der Waals surface area contributed by atoms with Crippen molar-refractivity contribution in [1.29, 1.82) is 0 Å². The number of nitrogens with one attached hydrogen (secondary N) is 1. The SMILES string of the molecule is COc1ccc(Cn2c(C3CCN(C(=O)Cc4cccc(F)c4)CC3)n[nH]c2=O)cc1. The first-order chi connectivity index (χ1) is 15.0. The van der Waals surface area contributed by atoms with Crippen LogP contribution in [0, 0.1) is 5.82 Å². The molecule has 1 aromatic heterocycles. The molecule has 0 bridgehead atoms. The molecule has 0 aliphatic carbocycles. The second-order valence-electron chi connectivity index (χ2n) is 7.78. The van der Waals surface area contributed by atoms with E-state index in [1.807, 2.05) is 24.3 Å². The summed E-state index contributed by atoms with van der Waals surface area (Å²) in [6.07, 6.45) is 1.64. The van der Waals surface area contributed by atoms with Crippen molar-refractivity contribution in [2.75, 3.05) is 20.2 Å². The van der Waals surface area contributed by atoms with Crippen LogP contribution in [0.1, 0.15) is 35.7 Å². The molecule has 1 N–H and O–H groups in total. The highest BCUT2D eigenvalue weighted by Gasteiger charge is 2.27. The molecule has 4 rings (SSSR count). The first-order valence-corrected chi connectivity index (χ1v) is 10.3. The zero-order valence-electron chi connectivity index (χ0n) is 17.4. The number of rotatable bonds is 6. The fourth-order valence-electron chi connectivity index (χ4n) is 4.03. The summed E-state index contributed by atoms with van der Waals surface area (Å²) >= 11 is 0. The number of benzene rings is 2. The van der Waals surface area contributed by atoms with Gasteiger partial charge in [-0.15, -0.1) is 0 Å². The number of likely N-dealkylation sites (tertiary alicyclic amines) is 1. The van der Waals surface area contributed by atoms with E-state index in [9.17, 15) is 14.0 Å². The van der Waals surface area contributed by atoms with Crippen molar-refractivity contribution in [2.45, 2.75) is 31.7 Å². The summed E-state index contributed by atoms with van der Waals surface area (Å²) in [4.78, 5) is 26.7. The fourth-order valence-corrected chi connectivity index (χ4v) is 4.03. The van der Waals surface area contributed by atoms with Gasteiger partial charge < -0.3 is 9.64 Å². The number of aromatic amines is 1. The summed E-state index contributed by atoms with van der Waals surface area (Å²) < 4.78 is 20.2. The van der Waals surface area contributed by atoms with Gasteiger partial charge in [-0.2, -0.15) is 5.10 Å². The summed E-state index contributed by atoms with van der Waals surface area (Å²) in [6, 6.07) is 13.7. The van der Waals surface area contributed by atoms with E-state index < -0.39 is 0 Å². The summed E-state index contributed by atoms with van der Waals surface area (Å²) in [6.45, 7) is 1.60. The van der Waals surface area contributed by atoms with Gasteiger partial charge in [0.15, 0.2) is 0 Å². The number of nitrogens with zero attached hydrogens (tertiary/aromatic N) is 3. The molecular formula is C23H25FN4O3. The second-order valence-corrected chi connectivity index (χ2v) is 7.78. The fraction of sp³-hybridized carbons (Fsp3) is 0.348. The average molecular weight is 424 g/mol. The normalized spacial score (nSPS) is 14.6. The zero-order valence-corrected chi connectivity index (χ0v) is 17.4. The summed E-state index contributed by atoms with van der Waals surface area (Å²) in [7, 11) is 1.61. The van der Waals surface area contributed by atoms with Crippen molar-refractivity contribution in [3.05, 3.63) is 81.8 Å². The Bertz CT molecular complexity index is 1100. The van der Waals surface area contributed by atoms with E-state index in [0.717, 1.165) is 30.0 Å². The number of carbonyl (C=O) groups excluding carboxylic acids is 1. The van der Waals surface area contributed by atoms with E-state index in [0.29, 0.717) is 25.2 Å². The smallest absolute Gasteiger partial charge is 0.343 e. The number of methoxy groups -OCH3 is 1. The number of piperidine rings is 1. The van der Waals surface area contributed by atoms with E-state index in [1.54, 1.807) is 28.7 Å². The molecular weight excluding hydrogens is 399 g/mol. The molecule has 0 saturated carbocycles. The van der Waals surface area contributed by atoms with E-state index in [-0.39, 0.29) is 29.8 Å². The van der Waals surface area contributed by atoms with Gasteiger partial charge in [0, 0.05) is 19.0 Å². The van der Waals surface area contributed by atoms with Crippen LogP contribution in [-0.2, 0) is 17.8 Å². The van der Waals surface area contributed by atoms with Gasteiger partial charge in [-0.05, 0) is 48.2 Å². The largest absolute Gasteiger partial charge is 0.497 e. The third kappa shape index (κ3) is 4.84. The van der Waals surface area contributed by atoms with Crippen LogP contribution in [0.4, 0.5) is 4.39 Å². The minimum Gasteiger partial charge on any atom is -0.497 e. The highest BCUT2D eigenvalue weighted by molar-refractivity contribution is 5.78. The van der Waals surface area contributed by atoms with Crippen LogP contribution < -0.4 is 10.4 Å². The predicted octanol–water partition coefficient (Wildman–Crippen LogP) is 2.72. The Balaban J connectivity index is 1.39. The molecule has 0 atom stereocenters. The molecule has 1 aliphatic rings. The Hall–Kier alpha value is -3.42. The van der Waals surface area contributed by atoms with E-state index in [2.05, 4.69) is 10.2 Å². The number of ether oxygens (including phenoxy) is 1. The molecule has 1 amide bonds. The Labute approximate surface area is 179 Å². The first kappa shape index (κ1) is 20.8. The molecule has 2 heterocycles. The van der Waals surface area contributed by atoms with E-state index in [4.69, 9.17) is 4.74 Å². The van der Waals surface area contributed by atoms with Crippen LogP contribution in [0.2, 0.25) is 0 Å². The average Bonchev–Trinajstić information content (AvgIpc) is 3.14.